The Balaban J connectivity index is 3.06. The Bertz CT molecular complexity index is 420. The standard InChI is InChI=1S/C14H21NO4/c1-4-7-15-12(9-14(16)17)11-8-10(18-2)5-6-13(11)19-3/h5-6,8,12,15H,4,7,9H2,1-3H3,(H,16,17). The van der Waals surface area contributed by atoms with E-state index in [2.05, 4.69) is 5.32 Å². The quantitative estimate of drug-likeness (QED) is 0.756. The molecule has 5 nitrogen and oxygen atoms in total. The van der Waals surface area contributed by atoms with E-state index in [-0.39, 0.29) is 12.5 Å². The van der Waals surface area contributed by atoms with Gasteiger partial charge in [-0.2, -0.15) is 0 Å². The first-order valence-electron chi connectivity index (χ1n) is 6.29. The molecule has 19 heavy (non-hydrogen) atoms. The number of aliphatic carboxylic acids is 1. The lowest BCUT2D eigenvalue weighted by atomic mass is 10.0. The Labute approximate surface area is 113 Å². The summed E-state index contributed by atoms with van der Waals surface area (Å²) in [5.41, 5.74) is 0.803. The lowest BCUT2D eigenvalue weighted by molar-refractivity contribution is -0.137. The summed E-state index contributed by atoms with van der Waals surface area (Å²) in [7, 11) is 3.15. The number of benzene rings is 1. The molecule has 0 aliphatic rings. The van der Waals surface area contributed by atoms with Gasteiger partial charge in [0.2, 0.25) is 0 Å². The van der Waals surface area contributed by atoms with Crippen molar-refractivity contribution in [3.05, 3.63) is 23.8 Å². The van der Waals surface area contributed by atoms with Crippen molar-refractivity contribution in [2.75, 3.05) is 20.8 Å². The average Bonchev–Trinajstić information content (AvgIpc) is 2.42. The molecule has 0 aliphatic heterocycles. The number of hydrogen-bond acceptors (Lipinski definition) is 4. The van der Waals surface area contributed by atoms with E-state index in [0.717, 1.165) is 18.5 Å². The van der Waals surface area contributed by atoms with Gasteiger partial charge < -0.3 is 19.9 Å². The highest BCUT2D eigenvalue weighted by Crippen LogP contribution is 2.31. The molecule has 1 atom stereocenters. The number of carboxylic acid groups (broad SMARTS) is 1. The highest BCUT2D eigenvalue weighted by molar-refractivity contribution is 5.68. The molecule has 1 aromatic rings. The van der Waals surface area contributed by atoms with Crippen molar-refractivity contribution in [2.24, 2.45) is 0 Å². The van der Waals surface area contributed by atoms with E-state index in [1.807, 2.05) is 13.0 Å². The summed E-state index contributed by atoms with van der Waals surface area (Å²) in [5, 5.41) is 12.2. The molecule has 0 fully saturated rings. The third kappa shape index (κ3) is 4.44. The van der Waals surface area contributed by atoms with Crippen LogP contribution in [0.3, 0.4) is 0 Å². The summed E-state index contributed by atoms with van der Waals surface area (Å²) >= 11 is 0. The van der Waals surface area contributed by atoms with E-state index < -0.39 is 5.97 Å². The lowest BCUT2D eigenvalue weighted by Gasteiger charge is -2.20. The van der Waals surface area contributed by atoms with Gasteiger partial charge in [-0.3, -0.25) is 4.79 Å². The van der Waals surface area contributed by atoms with E-state index in [1.54, 1.807) is 26.4 Å². The smallest absolute Gasteiger partial charge is 0.305 e. The van der Waals surface area contributed by atoms with Gasteiger partial charge in [0.05, 0.1) is 20.6 Å². The fourth-order valence-corrected chi connectivity index (χ4v) is 1.90. The van der Waals surface area contributed by atoms with Crippen LogP contribution in [0, 0.1) is 0 Å². The van der Waals surface area contributed by atoms with Crippen molar-refractivity contribution in [3.63, 3.8) is 0 Å². The van der Waals surface area contributed by atoms with Crippen molar-refractivity contribution in [1.29, 1.82) is 0 Å². The molecule has 0 spiro atoms. The van der Waals surface area contributed by atoms with Gasteiger partial charge in [0.1, 0.15) is 11.5 Å². The molecule has 0 heterocycles. The van der Waals surface area contributed by atoms with Crippen LogP contribution < -0.4 is 14.8 Å². The first kappa shape index (κ1) is 15.3. The lowest BCUT2D eigenvalue weighted by Crippen LogP contribution is -2.25. The molecular formula is C14H21NO4. The predicted octanol–water partition coefficient (Wildman–Crippen LogP) is 2.22. The number of hydrogen-bond donors (Lipinski definition) is 2. The minimum absolute atomic E-state index is 0.00350. The summed E-state index contributed by atoms with van der Waals surface area (Å²) in [4.78, 5) is 11.0. The van der Waals surface area contributed by atoms with Crippen molar-refractivity contribution < 1.29 is 19.4 Å². The number of methoxy groups -OCH3 is 2. The van der Waals surface area contributed by atoms with Crippen molar-refractivity contribution >= 4 is 5.97 Å². The minimum atomic E-state index is -0.849. The second kappa shape index (κ2) is 7.63. The number of nitrogens with one attached hydrogen (secondary N) is 1. The van der Waals surface area contributed by atoms with Crippen molar-refractivity contribution in [3.8, 4) is 11.5 Å². The van der Waals surface area contributed by atoms with E-state index in [1.165, 1.54) is 0 Å². The van der Waals surface area contributed by atoms with Crippen molar-refractivity contribution in [2.45, 2.75) is 25.8 Å². The van der Waals surface area contributed by atoms with Gasteiger partial charge in [0.25, 0.3) is 0 Å². The number of carbonyl (C=O) groups is 1. The van der Waals surface area contributed by atoms with Crippen LogP contribution in [0.2, 0.25) is 0 Å². The van der Waals surface area contributed by atoms with E-state index in [9.17, 15) is 4.79 Å². The maximum absolute atomic E-state index is 11.0. The first-order valence-corrected chi connectivity index (χ1v) is 6.29. The average molecular weight is 267 g/mol. The molecule has 0 bridgehead atoms. The Morgan fingerprint density at radius 2 is 2.11 bits per heavy atom. The highest BCUT2D eigenvalue weighted by atomic mass is 16.5. The van der Waals surface area contributed by atoms with Gasteiger partial charge in [-0.25, -0.2) is 0 Å². The number of rotatable bonds is 8. The maximum atomic E-state index is 11.0. The maximum Gasteiger partial charge on any atom is 0.305 e. The molecule has 0 saturated carbocycles. The molecule has 1 rings (SSSR count). The van der Waals surface area contributed by atoms with Gasteiger partial charge in [-0.05, 0) is 31.2 Å². The van der Waals surface area contributed by atoms with Gasteiger partial charge in [-0.1, -0.05) is 6.92 Å². The monoisotopic (exact) mass is 267 g/mol. The fraction of sp³-hybridized carbons (Fsp3) is 0.500. The normalized spacial score (nSPS) is 11.9. The van der Waals surface area contributed by atoms with Gasteiger partial charge in [0.15, 0.2) is 0 Å². The summed E-state index contributed by atoms with van der Waals surface area (Å²) in [6.07, 6.45) is 0.936. The first-order chi connectivity index (χ1) is 9.12. The second-order valence-corrected chi connectivity index (χ2v) is 4.21. The fourth-order valence-electron chi connectivity index (χ4n) is 1.90. The SMILES string of the molecule is CCCNC(CC(=O)O)c1cc(OC)ccc1OC. The molecule has 0 aliphatic carbocycles. The number of carboxylic acids is 1. The zero-order chi connectivity index (χ0) is 14.3. The van der Waals surface area contributed by atoms with Crippen LogP contribution in [-0.4, -0.2) is 31.8 Å². The Hall–Kier alpha value is -1.75. The zero-order valence-electron chi connectivity index (χ0n) is 11.6. The third-order valence-corrected chi connectivity index (χ3v) is 2.83. The molecule has 2 N–H and O–H groups in total. The topological polar surface area (TPSA) is 67.8 Å². The largest absolute Gasteiger partial charge is 0.497 e. The van der Waals surface area contributed by atoms with Crippen LogP contribution in [0.5, 0.6) is 11.5 Å². The predicted molar refractivity (Wildman–Crippen MR) is 72.8 cm³/mol. The summed E-state index contributed by atoms with van der Waals surface area (Å²) < 4.78 is 10.5. The molecule has 0 radical (unpaired) electrons. The number of ether oxygens (including phenoxy) is 2. The summed E-state index contributed by atoms with van der Waals surface area (Å²) in [5.74, 6) is 0.499. The van der Waals surface area contributed by atoms with Gasteiger partial charge in [-0.15, -0.1) is 0 Å². The summed E-state index contributed by atoms with van der Waals surface area (Å²) in [6, 6.07) is 5.11. The summed E-state index contributed by atoms with van der Waals surface area (Å²) in [6.45, 7) is 2.78. The van der Waals surface area contributed by atoms with Gasteiger partial charge >= 0.3 is 5.97 Å². The van der Waals surface area contributed by atoms with Crippen molar-refractivity contribution in [1.82, 2.24) is 5.32 Å². The Kier molecular flexibility index (Phi) is 6.15. The highest BCUT2D eigenvalue weighted by Gasteiger charge is 2.19. The zero-order valence-corrected chi connectivity index (χ0v) is 11.6. The molecule has 1 aromatic carbocycles. The molecule has 0 aromatic heterocycles. The van der Waals surface area contributed by atoms with Gasteiger partial charge in [0, 0.05) is 11.6 Å². The minimum Gasteiger partial charge on any atom is -0.497 e. The van der Waals surface area contributed by atoms with E-state index in [4.69, 9.17) is 14.6 Å². The van der Waals surface area contributed by atoms with Crippen LogP contribution in [-0.2, 0) is 4.79 Å². The molecule has 0 saturated heterocycles. The van der Waals surface area contributed by atoms with Crippen LogP contribution in [0.25, 0.3) is 0 Å². The third-order valence-electron chi connectivity index (χ3n) is 2.83. The molecule has 106 valence electrons. The van der Waals surface area contributed by atoms with Crippen LogP contribution in [0.4, 0.5) is 0 Å². The van der Waals surface area contributed by atoms with Crippen LogP contribution >= 0.6 is 0 Å². The van der Waals surface area contributed by atoms with E-state index in [0.29, 0.717) is 11.5 Å². The second-order valence-electron chi connectivity index (χ2n) is 4.21. The van der Waals surface area contributed by atoms with E-state index >= 15 is 0 Å². The molecule has 5 heteroatoms. The molecule has 0 amide bonds. The van der Waals surface area contributed by atoms with Crippen LogP contribution in [0.15, 0.2) is 18.2 Å². The Morgan fingerprint density at radius 1 is 1.37 bits per heavy atom. The van der Waals surface area contributed by atoms with Crippen LogP contribution in [0.1, 0.15) is 31.4 Å². The Morgan fingerprint density at radius 3 is 2.63 bits per heavy atom. The molecule has 1 unspecified atom stereocenters. The molecular weight excluding hydrogens is 246 g/mol.